The van der Waals surface area contributed by atoms with Crippen molar-refractivity contribution in [1.82, 2.24) is 19.2 Å². The summed E-state index contributed by atoms with van der Waals surface area (Å²) in [7, 11) is 0. The molecule has 0 radical (unpaired) electrons. The number of nitrogens with zero attached hydrogens (tertiary/aromatic N) is 5. The summed E-state index contributed by atoms with van der Waals surface area (Å²) in [5, 5.41) is 5.99. The van der Waals surface area contributed by atoms with Gasteiger partial charge in [0.05, 0.1) is 17.4 Å². The highest BCUT2D eigenvalue weighted by molar-refractivity contribution is 9.10. The van der Waals surface area contributed by atoms with Crippen LogP contribution in [0.3, 0.4) is 0 Å². The SMILES string of the molecule is O=c1nc2n(Cc3ccc(Br)cc3)nc(N3CCCCCC3)n2c2ccc(Cl)cc12. The minimum Gasteiger partial charge on any atom is -0.341 e. The van der Waals surface area contributed by atoms with E-state index in [0.717, 1.165) is 47.4 Å². The Morgan fingerprint density at radius 3 is 2.47 bits per heavy atom. The molecule has 3 heterocycles. The van der Waals surface area contributed by atoms with Gasteiger partial charge in [0.1, 0.15) is 0 Å². The van der Waals surface area contributed by atoms with Crippen molar-refractivity contribution in [2.24, 2.45) is 0 Å². The van der Waals surface area contributed by atoms with Crippen molar-refractivity contribution < 1.29 is 0 Å². The quantitative estimate of drug-likeness (QED) is 0.414. The van der Waals surface area contributed by atoms with Crippen molar-refractivity contribution in [2.45, 2.75) is 32.2 Å². The van der Waals surface area contributed by atoms with Crippen LogP contribution in [0.5, 0.6) is 0 Å². The monoisotopic (exact) mass is 485 g/mol. The second kappa shape index (κ2) is 8.04. The van der Waals surface area contributed by atoms with Gasteiger partial charge in [0.25, 0.3) is 5.56 Å². The molecular formula is C22H21BrClN5O. The molecule has 5 rings (SSSR count). The van der Waals surface area contributed by atoms with E-state index in [1.165, 1.54) is 12.8 Å². The number of rotatable bonds is 3. The first kappa shape index (κ1) is 19.6. The number of benzene rings is 2. The maximum Gasteiger partial charge on any atom is 0.282 e. The predicted molar refractivity (Wildman–Crippen MR) is 124 cm³/mol. The van der Waals surface area contributed by atoms with Gasteiger partial charge in [0.15, 0.2) is 0 Å². The Morgan fingerprint density at radius 2 is 1.73 bits per heavy atom. The number of hydrogen-bond donors (Lipinski definition) is 0. The Balaban J connectivity index is 1.74. The topological polar surface area (TPSA) is 55.4 Å². The molecule has 1 aliphatic rings. The van der Waals surface area contributed by atoms with Crippen molar-refractivity contribution in [3.05, 3.63) is 67.9 Å². The van der Waals surface area contributed by atoms with E-state index in [2.05, 4.69) is 25.8 Å². The Labute approximate surface area is 187 Å². The number of aromatic nitrogens is 4. The van der Waals surface area contributed by atoms with Crippen LogP contribution in [-0.4, -0.2) is 32.3 Å². The predicted octanol–water partition coefficient (Wildman–Crippen LogP) is 4.89. The smallest absolute Gasteiger partial charge is 0.282 e. The van der Waals surface area contributed by atoms with Gasteiger partial charge in [-0.3, -0.25) is 4.79 Å². The van der Waals surface area contributed by atoms with Gasteiger partial charge in [-0.15, -0.1) is 5.10 Å². The molecule has 8 heteroatoms. The molecule has 0 bridgehead atoms. The third kappa shape index (κ3) is 3.61. The van der Waals surface area contributed by atoms with E-state index in [0.29, 0.717) is 22.7 Å². The zero-order chi connectivity index (χ0) is 20.7. The molecule has 6 nitrogen and oxygen atoms in total. The normalized spacial score (nSPS) is 15.1. The van der Waals surface area contributed by atoms with E-state index in [9.17, 15) is 4.79 Å². The van der Waals surface area contributed by atoms with Crippen molar-refractivity contribution in [3.8, 4) is 0 Å². The van der Waals surface area contributed by atoms with Crippen LogP contribution >= 0.6 is 27.5 Å². The zero-order valence-electron chi connectivity index (χ0n) is 16.4. The average molecular weight is 487 g/mol. The second-order valence-electron chi connectivity index (χ2n) is 7.70. The Kier molecular flexibility index (Phi) is 5.25. The summed E-state index contributed by atoms with van der Waals surface area (Å²) >= 11 is 9.65. The fourth-order valence-electron chi connectivity index (χ4n) is 4.10. The van der Waals surface area contributed by atoms with Crippen LogP contribution in [0.2, 0.25) is 5.02 Å². The summed E-state index contributed by atoms with van der Waals surface area (Å²) in [4.78, 5) is 19.5. The van der Waals surface area contributed by atoms with E-state index < -0.39 is 0 Å². The Hall–Kier alpha value is -2.38. The lowest BCUT2D eigenvalue weighted by atomic mass is 10.2. The molecule has 0 amide bonds. The number of halogens is 2. The molecule has 2 aromatic heterocycles. The van der Waals surface area contributed by atoms with Crippen LogP contribution in [0.15, 0.2) is 51.7 Å². The Morgan fingerprint density at radius 1 is 1.00 bits per heavy atom. The van der Waals surface area contributed by atoms with Crippen molar-refractivity contribution in [3.63, 3.8) is 0 Å². The first-order valence-electron chi connectivity index (χ1n) is 10.2. The van der Waals surface area contributed by atoms with Crippen LogP contribution in [0.1, 0.15) is 31.2 Å². The number of hydrogen-bond acceptors (Lipinski definition) is 4. The van der Waals surface area contributed by atoms with Crippen molar-refractivity contribution in [2.75, 3.05) is 18.0 Å². The highest BCUT2D eigenvalue weighted by Gasteiger charge is 2.21. The van der Waals surface area contributed by atoms with Gasteiger partial charge in [-0.1, -0.05) is 52.5 Å². The van der Waals surface area contributed by atoms with E-state index in [1.54, 1.807) is 6.07 Å². The minimum atomic E-state index is -0.285. The van der Waals surface area contributed by atoms with Gasteiger partial charge in [-0.05, 0) is 48.7 Å². The van der Waals surface area contributed by atoms with Crippen LogP contribution in [0, 0.1) is 0 Å². The summed E-state index contributed by atoms with van der Waals surface area (Å²) in [5.41, 5.74) is 1.60. The van der Waals surface area contributed by atoms with Crippen LogP contribution < -0.4 is 10.5 Å². The van der Waals surface area contributed by atoms with E-state index in [4.69, 9.17) is 16.7 Å². The average Bonchev–Trinajstić information content (AvgIpc) is 2.91. The Bertz CT molecular complexity index is 1270. The molecular weight excluding hydrogens is 466 g/mol. The fraction of sp³-hybridized carbons (Fsp3) is 0.318. The van der Waals surface area contributed by atoms with Crippen LogP contribution in [0.25, 0.3) is 16.7 Å². The standard InChI is InChI=1S/C22H21BrClN5O/c23-16-7-5-15(6-8-16)14-28-21-25-20(30)18-13-17(24)9-10-19(18)29(21)22(26-28)27-11-3-1-2-4-12-27/h5-10,13H,1-4,11-12,14H2. The lowest BCUT2D eigenvalue weighted by molar-refractivity contribution is 0.685. The van der Waals surface area contributed by atoms with Crippen molar-refractivity contribution in [1.29, 1.82) is 0 Å². The molecule has 0 N–H and O–H groups in total. The molecule has 2 aromatic carbocycles. The third-order valence-electron chi connectivity index (χ3n) is 5.61. The minimum absolute atomic E-state index is 0.285. The largest absolute Gasteiger partial charge is 0.341 e. The van der Waals surface area contributed by atoms with E-state index >= 15 is 0 Å². The molecule has 30 heavy (non-hydrogen) atoms. The van der Waals surface area contributed by atoms with Crippen LogP contribution in [-0.2, 0) is 6.54 Å². The molecule has 0 spiro atoms. The number of anilines is 1. The fourth-order valence-corrected chi connectivity index (χ4v) is 4.53. The summed E-state index contributed by atoms with van der Waals surface area (Å²) in [6.45, 7) is 2.44. The van der Waals surface area contributed by atoms with Gasteiger partial charge in [0, 0.05) is 22.6 Å². The van der Waals surface area contributed by atoms with Gasteiger partial charge >= 0.3 is 0 Å². The molecule has 0 aliphatic carbocycles. The lowest BCUT2D eigenvalue weighted by Crippen LogP contribution is -2.26. The second-order valence-corrected chi connectivity index (χ2v) is 9.05. The van der Waals surface area contributed by atoms with Gasteiger partial charge in [-0.2, -0.15) is 4.98 Å². The van der Waals surface area contributed by atoms with Crippen LogP contribution in [0.4, 0.5) is 5.95 Å². The molecule has 0 atom stereocenters. The maximum atomic E-state index is 12.8. The van der Waals surface area contributed by atoms with Gasteiger partial charge in [-0.25, -0.2) is 9.08 Å². The summed E-state index contributed by atoms with van der Waals surface area (Å²) in [5.74, 6) is 1.39. The maximum absolute atomic E-state index is 12.8. The molecule has 0 saturated carbocycles. The van der Waals surface area contributed by atoms with Gasteiger partial charge in [0.2, 0.25) is 11.7 Å². The van der Waals surface area contributed by atoms with Gasteiger partial charge < -0.3 is 4.90 Å². The molecule has 0 unspecified atom stereocenters. The van der Waals surface area contributed by atoms with E-state index in [-0.39, 0.29) is 5.56 Å². The lowest BCUT2D eigenvalue weighted by Gasteiger charge is -2.20. The molecule has 1 aliphatic heterocycles. The third-order valence-corrected chi connectivity index (χ3v) is 6.37. The molecule has 1 saturated heterocycles. The first-order chi connectivity index (χ1) is 14.6. The zero-order valence-corrected chi connectivity index (χ0v) is 18.7. The number of fused-ring (bicyclic) bond motifs is 3. The summed E-state index contributed by atoms with van der Waals surface area (Å²) in [6, 6.07) is 13.5. The summed E-state index contributed by atoms with van der Waals surface area (Å²) < 4.78 is 4.87. The van der Waals surface area contributed by atoms with E-state index in [1.807, 2.05) is 45.5 Å². The summed E-state index contributed by atoms with van der Waals surface area (Å²) in [6.07, 6.45) is 4.74. The molecule has 4 aromatic rings. The first-order valence-corrected chi connectivity index (χ1v) is 11.4. The highest BCUT2D eigenvalue weighted by Crippen LogP contribution is 2.25. The molecule has 1 fully saturated rings. The molecule has 154 valence electrons. The highest BCUT2D eigenvalue weighted by atomic mass is 79.9. The van der Waals surface area contributed by atoms with Crippen molar-refractivity contribution >= 4 is 50.2 Å².